The summed E-state index contributed by atoms with van der Waals surface area (Å²) in [5.74, 6) is 0. The lowest BCUT2D eigenvalue weighted by molar-refractivity contribution is 0.974. The van der Waals surface area contributed by atoms with E-state index >= 15 is 0 Å². The Morgan fingerprint density at radius 1 is 1.25 bits per heavy atom. The Hall–Kier alpha value is -1.10. The molecule has 6 heteroatoms. The molecule has 0 radical (unpaired) electrons. The van der Waals surface area contributed by atoms with Gasteiger partial charge in [0.1, 0.15) is 5.51 Å². The predicted molar refractivity (Wildman–Crippen MR) is 66.3 cm³/mol. The van der Waals surface area contributed by atoms with Crippen molar-refractivity contribution < 1.29 is 0 Å². The van der Waals surface area contributed by atoms with Crippen LogP contribution in [0.4, 0.5) is 0 Å². The van der Waals surface area contributed by atoms with E-state index in [1.807, 2.05) is 18.3 Å². The highest BCUT2D eigenvalue weighted by molar-refractivity contribution is 7.14. The number of benzene rings is 1. The quantitative estimate of drug-likeness (QED) is 0.673. The maximum Gasteiger partial charge on any atom is 0.212 e. The van der Waals surface area contributed by atoms with Crippen LogP contribution in [0.25, 0.3) is 16.2 Å². The van der Waals surface area contributed by atoms with Crippen LogP contribution in [-0.4, -0.2) is 14.6 Å². The Labute approximate surface area is 105 Å². The summed E-state index contributed by atoms with van der Waals surface area (Å²) in [6, 6.07) is 5.50. The van der Waals surface area contributed by atoms with Crippen molar-refractivity contribution in [3.8, 4) is 11.3 Å². The molecule has 0 bridgehead atoms. The van der Waals surface area contributed by atoms with E-state index in [0.717, 1.165) is 16.2 Å². The van der Waals surface area contributed by atoms with Crippen molar-refractivity contribution in [2.24, 2.45) is 0 Å². The van der Waals surface area contributed by atoms with Crippen molar-refractivity contribution >= 4 is 39.5 Å². The van der Waals surface area contributed by atoms with Crippen LogP contribution in [-0.2, 0) is 0 Å². The highest BCUT2D eigenvalue weighted by Gasteiger charge is 2.11. The van der Waals surface area contributed by atoms with Crippen LogP contribution in [0, 0.1) is 0 Å². The molecule has 0 amide bonds. The minimum Gasteiger partial charge on any atom is -0.217 e. The molecule has 0 unspecified atom stereocenters. The summed E-state index contributed by atoms with van der Waals surface area (Å²) in [6.07, 6.45) is 1.84. The number of nitrogens with zero attached hydrogens (tertiary/aromatic N) is 3. The number of fused-ring (bicyclic) bond motifs is 1. The third-order valence-electron chi connectivity index (χ3n) is 2.21. The molecule has 1 aromatic carbocycles. The zero-order valence-electron chi connectivity index (χ0n) is 7.89. The second kappa shape index (κ2) is 3.73. The maximum atomic E-state index is 6.12. The first kappa shape index (κ1) is 10.1. The maximum absolute atomic E-state index is 6.12. The van der Waals surface area contributed by atoms with Crippen LogP contribution in [0.2, 0.25) is 10.0 Å². The summed E-state index contributed by atoms with van der Waals surface area (Å²) in [4.78, 5) is 5.26. The van der Waals surface area contributed by atoms with Crippen LogP contribution >= 0.6 is 34.5 Å². The van der Waals surface area contributed by atoms with Gasteiger partial charge >= 0.3 is 0 Å². The summed E-state index contributed by atoms with van der Waals surface area (Å²) >= 11 is 13.6. The molecule has 0 saturated heterocycles. The van der Waals surface area contributed by atoms with E-state index in [0.29, 0.717) is 10.0 Å². The average Bonchev–Trinajstić information content (AvgIpc) is 2.81. The van der Waals surface area contributed by atoms with E-state index in [1.54, 1.807) is 16.1 Å². The summed E-state index contributed by atoms with van der Waals surface area (Å²) in [6.45, 7) is 0. The lowest BCUT2D eigenvalue weighted by atomic mass is 10.2. The lowest BCUT2D eigenvalue weighted by Crippen LogP contribution is -1.80. The molecule has 0 aliphatic heterocycles. The second-order valence-corrected chi connectivity index (χ2v) is 4.79. The van der Waals surface area contributed by atoms with Crippen molar-refractivity contribution in [1.29, 1.82) is 0 Å². The van der Waals surface area contributed by atoms with Crippen molar-refractivity contribution in [3.05, 3.63) is 40.0 Å². The third-order valence-corrected chi connectivity index (χ3v) is 3.72. The minimum atomic E-state index is 0.523. The predicted octanol–water partition coefficient (Wildman–Crippen LogP) is 3.76. The summed E-state index contributed by atoms with van der Waals surface area (Å²) in [5.41, 5.74) is 3.35. The lowest BCUT2D eigenvalue weighted by Gasteiger charge is -2.01. The van der Waals surface area contributed by atoms with Gasteiger partial charge in [-0.05, 0) is 6.07 Å². The molecular formula is C10H5Cl2N3S. The van der Waals surface area contributed by atoms with E-state index in [4.69, 9.17) is 23.2 Å². The SMILES string of the molecule is Clc1cccc(-c2cn3ncsc3n2)c1Cl. The summed E-state index contributed by atoms with van der Waals surface area (Å²) in [5, 5.41) is 5.17. The summed E-state index contributed by atoms with van der Waals surface area (Å²) < 4.78 is 1.72. The molecule has 0 fully saturated rings. The van der Waals surface area contributed by atoms with Gasteiger partial charge in [-0.1, -0.05) is 46.7 Å². The Balaban J connectivity index is 2.23. The van der Waals surface area contributed by atoms with E-state index < -0.39 is 0 Å². The van der Waals surface area contributed by atoms with Crippen LogP contribution in [0.1, 0.15) is 0 Å². The molecule has 2 heterocycles. The molecular weight excluding hydrogens is 265 g/mol. The number of hydrogen-bond donors (Lipinski definition) is 0. The second-order valence-electron chi connectivity index (χ2n) is 3.19. The van der Waals surface area contributed by atoms with E-state index in [2.05, 4.69) is 10.1 Å². The van der Waals surface area contributed by atoms with Gasteiger partial charge in [-0.25, -0.2) is 9.50 Å². The first-order chi connectivity index (χ1) is 7.75. The van der Waals surface area contributed by atoms with Crippen LogP contribution in [0.5, 0.6) is 0 Å². The highest BCUT2D eigenvalue weighted by Crippen LogP contribution is 2.33. The topological polar surface area (TPSA) is 30.2 Å². The largest absolute Gasteiger partial charge is 0.217 e. The van der Waals surface area contributed by atoms with Gasteiger partial charge in [-0.2, -0.15) is 5.10 Å². The first-order valence-electron chi connectivity index (χ1n) is 4.49. The molecule has 0 spiro atoms. The molecule has 3 aromatic rings. The fourth-order valence-corrected chi connectivity index (χ4v) is 2.47. The molecule has 2 aromatic heterocycles. The molecule has 3 rings (SSSR count). The highest BCUT2D eigenvalue weighted by atomic mass is 35.5. The number of rotatable bonds is 1. The molecule has 0 N–H and O–H groups in total. The van der Waals surface area contributed by atoms with E-state index in [-0.39, 0.29) is 0 Å². The molecule has 0 atom stereocenters. The van der Waals surface area contributed by atoms with Crippen molar-refractivity contribution in [1.82, 2.24) is 14.6 Å². The fourth-order valence-electron chi connectivity index (χ4n) is 1.47. The van der Waals surface area contributed by atoms with Gasteiger partial charge in [-0.3, -0.25) is 0 Å². The smallest absolute Gasteiger partial charge is 0.212 e. The molecule has 3 nitrogen and oxygen atoms in total. The van der Waals surface area contributed by atoms with Gasteiger partial charge in [0.05, 0.1) is 21.9 Å². The average molecular weight is 270 g/mol. The van der Waals surface area contributed by atoms with E-state index in [1.165, 1.54) is 11.3 Å². The van der Waals surface area contributed by atoms with Crippen LogP contribution < -0.4 is 0 Å². The van der Waals surface area contributed by atoms with Gasteiger partial charge in [0, 0.05) is 5.56 Å². The monoisotopic (exact) mass is 269 g/mol. The number of hydrogen-bond acceptors (Lipinski definition) is 3. The standard InChI is InChI=1S/C10H5Cl2N3S/c11-7-3-1-2-6(9(7)12)8-4-15-10(14-8)16-5-13-15/h1-5H. The van der Waals surface area contributed by atoms with Crippen LogP contribution in [0.3, 0.4) is 0 Å². The Morgan fingerprint density at radius 2 is 2.12 bits per heavy atom. The van der Waals surface area contributed by atoms with Gasteiger partial charge < -0.3 is 0 Å². The third kappa shape index (κ3) is 1.50. The molecule has 16 heavy (non-hydrogen) atoms. The molecule has 80 valence electrons. The molecule has 0 saturated carbocycles. The Bertz CT molecular complexity index is 630. The van der Waals surface area contributed by atoms with Crippen molar-refractivity contribution in [2.45, 2.75) is 0 Å². The molecule has 0 aliphatic carbocycles. The van der Waals surface area contributed by atoms with Gasteiger partial charge in [0.15, 0.2) is 0 Å². The van der Waals surface area contributed by atoms with E-state index in [9.17, 15) is 0 Å². The van der Waals surface area contributed by atoms with Gasteiger partial charge in [-0.15, -0.1) is 0 Å². The number of imidazole rings is 1. The zero-order valence-corrected chi connectivity index (χ0v) is 10.2. The normalized spacial score (nSPS) is 11.1. The minimum absolute atomic E-state index is 0.523. The fraction of sp³-hybridized carbons (Fsp3) is 0. The Kier molecular flexibility index (Phi) is 2.35. The van der Waals surface area contributed by atoms with Crippen LogP contribution in [0.15, 0.2) is 29.9 Å². The first-order valence-corrected chi connectivity index (χ1v) is 6.12. The zero-order chi connectivity index (χ0) is 11.1. The van der Waals surface area contributed by atoms with Gasteiger partial charge in [0.2, 0.25) is 4.96 Å². The molecule has 0 aliphatic rings. The number of aromatic nitrogens is 3. The van der Waals surface area contributed by atoms with Crippen molar-refractivity contribution in [3.63, 3.8) is 0 Å². The van der Waals surface area contributed by atoms with Crippen molar-refractivity contribution in [2.75, 3.05) is 0 Å². The van der Waals surface area contributed by atoms with Gasteiger partial charge in [0.25, 0.3) is 0 Å². The Morgan fingerprint density at radius 3 is 2.94 bits per heavy atom. The number of halogens is 2. The summed E-state index contributed by atoms with van der Waals surface area (Å²) in [7, 11) is 0.